The van der Waals surface area contributed by atoms with Crippen molar-refractivity contribution in [3.05, 3.63) is 53.9 Å². The van der Waals surface area contributed by atoms with Crippen LogP contribution in [0.25, 0.3) is 0 Å². The van der Waals surface area contributed by atoms with Crippen molar-refractivity contribution in [1.82, 2.24) is 5.32 Å². The number of hydrogen-bond acceptors (Lipinski definition) is 3. The van der Waals surface area contributed by atoms with Crippen molar-refractivity contribution in [2.45, 2.75) is 13.3 Å². The largest absolute Gasteiger partial charge is 0.504 e. The summed E-state index contributed by atoms with van der Waals surface area (Å²) < 4.78 is 7.25. The van der Waals surface area contributed by atoms with E-state index in [-0.39, 0.29) is 18.3 Å². The second-order valence-electron chi connectivity index (χ2n) is 5.10. The highest BCUT2D eigenvalue weighted by molar-refractivity contribution is 5.77. The first-order chi connectivity index (χ1) is 10.6. The van der Waals surface area contributed by atoms with E-state index in [1.54, 1.807) is 6.20 Å². The minimum Gasteiger partial charge on any atom is -0.504 e. The lowest BCUT2D eigenvalue weighted by atomic mass is 10.1. The van der Waals surface area contributed by atoms with Crippen LogP contribution in [0.5, 0.6) is 11.5 Å². The fraction of sp³-hybridized carbons (Fsp3) is 0.294. The van der Waals surface area contributed by atoms with Crippen molar-refractivity contribution in [2.24, 2.45) is 7.05 Å². The molecular weight excluding hydrogens is 280 g/mol. The molecule has 1 heterocycles. The Hall–Kier alpha value is -2.56. The Balaban J connectivity index is 1.80. The molecule has 0 aliphatic rings. The summed E-state index contributed by atoms with van der Waals surface area (Å²) in [5.41, 5.74) is 1.93. The van der Waals surface area contributed by atoms with E-state index in [9.17, 15) is 9.90 Å². The first-order valence-electron chi connectivity index (χ1n) is 7.19. The van der Waals surface area contributed by atoms with E-state index in [2.05, 4.69) is 5.32 Å². The molecule has 1 aromatic heterocycles. The van der Waals surface area contributed by atoms with Crippen molar-refractivity contribution < 1.29 is 19.2 Å². The molecule has 0 bridgehead atoms. The van der Waals surface area contributed by atoms with Crippen LogP contribution >= 0.6 is 0 Å². The number of hydrogen-bond donors (Lipinski definition) is 2. The van der Waals surface area contributed by atoms with Gasteiger partial charge in [-0.25, -0.2) is 4.57 Å². The maximum Gasteiger partial charge on any atom is 0.257 e. The van der Waals surface area contributed by atoms with Crippen LogP contribution in [0, 0.1) is 6.92 Å². The second kappa shape index (κ2) is 7.45. The zero-order valence-electron chi connectivity index (χ0n) is 12.9. The Labute approximate surface area is 130 Å². The molecule has 1 amide bonds. The lowest BCUT2D eigenvalue weighted by molar-refractivity contribution is -0.678. The highest BCUT2D eigenvalue weighted by Gasteiger charge is 2.16. The smallest absolute Gasteiger partial charge is 0.257 e. The third-order valence-electron chi connectivity index (χ3n) is 3.47. The summed E-state index contributed by atoms with van der Waals surface area (Å²) >= 11 is 0. The number of pyridine rings is 1. The summed E-state index contributed by atoms with van der Waals surface area (Å²) in [5.74, 6) is 0.164. The van der Waals surface area contributed by atoms with Gasteiger partial charge in [-0.3, -0.25) is 4.79 Å². The van der Waals surface area contributed by atoms with E-state index in [4.69, 9.17) is 4.74 Å². The minimum atomic E-state index is -0.207. The van der Waals surface area contributed by atoms with Crippen LogP contribution in [0.15, 0.2) is 42.6 Å². The molecule has 116 valence electrons. The molecule has 0 aliphatic carbocycles. The average molecular weight is 301 g/mol. The van der Waals surface area contributed by atoms with Gasteiger partial charge in [-0.1, -0.05) is 30.3 Å². The summed E-state index contributed by atoms with van der Waals surface area (Å²) in [6, 6.07) is 11.5. The number of ether oxygens (including phenoxy) is 1. The van der Waals surface area contributed by atoms with Gasteiger partial charge in [0, 0.05) is 19.5 Å². The van der Waals surface area contributed by atoms with Crippen LogP contribution in [0.3, 0.4) is 0 Å². The fourth-order valence-corrected chi connectivity index (χ4v) is 2.07. The Morgan fingerprint density at radius 1 is 1.27 bits per heavy atom. The van der Waals surface area contributed by atoms with Crippen molar-refractivity contribution in [1.29, 1.82) is 0 Å². The molecule has 2 rings (SSSR count). The molecule has 0 saturated heterocycles. The summed E-state index contributed by atoms with van der Waals surface area (Å²) in [6.45, 7) is 2.26. The van der Waals surface area contributed by atoms with Gasteiger partial charge < -0.3 is 15.2 Å². The summed E-state index contributed by atoms with van der Waals surface area (Å²) in [5, 5.41) is 12.6. The molecule has 0 spiro atoms. The van der Waals surface area contributed by atoms with Crippen LogP contribution in [0.1, 0.15) is 11.3 Å². The van der Waals surface area contributed by atoms with E-state index in [0.29, 0.717) is 12.3 Å². The van der Waals surface area contributed by atoms with Gasteiger partial charge in [-0.15, -0.1) is 0 Å². The van der Waals surface area contributed by atoms with Crippen LogP contribution in [0.2, 0.25) is 0 Å². The zero-order chi connectivity index (χ0) is 15.9. The van der Waals surface area contributed by atoms with Gasteiger partial charge in [0.25, 0.3) is 5.91 Å². The molecule has 1 aromatic carbocycles. The molecular formula is C17H21N2O3+. The van der Waals surface area contributed by atoms with E-state index in [1.165, 1.54) is 11.6 Å². The number of benzene rings is 1. The van der Waals surface area contributed by atoms with Crippen molar-refractivity contribution in [2.75, 3.05) is 13.2 Å². The molecule has 0 atom stereocenters. The number of rotatable bonds is 6. The molecule has 0 fully saturated rings. The quantitative estimate of drug-likeness (QED) is 0.790. The number of aromatic hydroxyl groups is 1. The lowest BCUT2D eigenvalue weighted by Crippen LogP contribution is -2.33. The minimum absolute atomic E-state index is 0.0349. The SMILES string of the molecule is Cc1c(OCC(=O)NCCc2ccccc2)c(O)cc[n+]1C. The highest BCUT2D eigenvalue weighted by Crippen LogP contribution is 2.26. The summed E-state index contributed by atoms with van der Waals surface area (Å²) in [7, 11) is 1.85. The van der Waals surface area contributed by atoms with E-state index >= 15 is 0 Å². The Morgan fingerprint density at radius 3 is 2.73 bits per heavy atom. The number of amides is 1. The summed E-state index contributed by atoms with van der Waals surface area (Å²) in [4.78, 5) is 11.8. The lowest BCUT2D eigenvalue weighted by Gasteiger charge is -2.09. The zero-order valence-corrected chi connectivity index (χ0v) is 12.9. The number of carbonyl (C=O) groups excluding carboxylic acids is 1. The standard InChI is InChI=1S/C17H20N2O3/c1-13-17(15(20)9-11-19(13)2)22-12-16(21)18-10-8-14-6-4-3-5-7-14/h3-7,9,11H,8,10,12H2,1-2H3,(H,18,21)/p+1. The maximum absolute atomic E-state index is 11.8. The molecule has 5 nitrogen and oxygen atoms in total. The van der Waals surface area contributed by atoms with Gasteiger partial charge in [0.15, 0.2) is 18.6 Å². The van der Waals surface area contributed by atoms with Gasteiger partial charge in [-0.05, 0) is 12.0 Å². The number of nitrogens with zero attached hydrogens (tertiary/aromatic N) is 1. The first-order valence-corrected chi connectivity index (χ1v) is 7.19. The number of aryl methyl sites for hydroxylation is 1. The molecule has 0 saturated carbocycles. The topological polar surface area (TPSA) is 62.4 Å². The van der Waals surface area contributed by atoms with Gasteiger partial charge in [0.05, 0.1) is 0 Å². The third-order valence-corrected chi connectivity index (χ3v) is 3.47. The monoisotopic (exact) mass is 301 g/mol. The highest BCUT2D eigenvalue weighted by atomic mass is 16.5. The molecule has 0 radical (unpaired) electrons. The number of aromatic nitrogens is 1. The van der Waals surface area contributed by atoms with Gasteiger partial charge in [-0.2, -0.15) is 0 Å². The molecule has 0 aliphatic heterocycles. The average Bonchev–Trinajstić information content (AvgIpc) is 2.52. The van der Waals surface area contributed by atoms with Crippen LogP contribution in [0.4, 0.5) is 0 Å². The first kappa shape index (κ1) is 15.8. The van der Waals surface area contributed by atoms with E-state index < -0.39 is 0 Å². The van der Waals surface area contributed by atoms with Gasteiger partial charge in [0.2, 0.25) is 11.4 Å². The molecule has 0 unspecified atom stereocenters. The van der Waals surface area contributed by atoms with Gasteiger partial charge >= 0.3 is 0 Å². The predicted molar refractivity (Wildman–Crippen MR) is 82.7 cm³/mol. The Morgan fingerprint density at radius 2 is 2.00 bits per heavy atom. The van der Waals surface area contributed by atoms with Crippen molar-refractivity contribution >= 4 is 5.91 Å². The number of nitrogens with one attached hydrogen (secondary N) is 1. The maximum atomic E-state index is 11.8. The van der Waals surface area contributed by atoms with E-state index in [0.717, 1.165) is 12.1 Å². The second-order valence-corrected chi connectivity index (χ2v) is 5.10. The fourth-order valence-electron chi connectivity index (χ4n) is 2.07. The van der Waals surface area contributed by atoms with Crippen molar-refractivity contribution in [3.63, 3.8) is 0 Å². The van der Waals surface area contributed by atoms with Crippen LogP contribution in [-0.2, 0) is 18.3 Å². The molecule has 2 N–H and O–H groups in total. The Kier molecular flexibility index (Phi) is 5.36. The predicted octanol–water partition coefficient (Wildman–Crippen LogP) is 1.26. The number of carbonyl (C=O) groups is 1. The molecule has 2 aromatic rings. The van der Waals surface area contributed by atoms with Crippen LogP contribution < -0.4 is 14.6 Å². The molecule has 5 heteroatoms. The van der Waals surface area contributed by atoms with E-state index in [1.807, 2.05) is 48.9 Å². The molecule has 22 heavy (non-hydrogen) atoms. The summed E-state index contributed by atoms with van der Waals surface area (Å²) in [6.07, 6.45) is 2.51. The van der Waals surface area contributed by atoms with Crippen molar-refractivity contribution in [3.8, 4) is 11.5 Å². The van der Waals surface area contributed by atoms with Crippen LogP contribution in [-0.4, -0.2) is 24.2 Å². The Bertz CT molecular complexity index is 642. The normalized spacial score (nSPS) is 10.3. The third kappa shape index (κ3) is 4.22. The van der Waals surface area contributed by atoms with Gasteiger partial charge in [0.1, 0.15) is 7.05 Å².